The van der Waals surface area contributed by atoms with E-state index in [2.05, 4.69) is 5.10 Å². The van der Waals surface area contributed by atoms with Gasteiger partial charge in [-0.15, -0.1) is 0 Å². The topological polar surface area (TPSA) is 64.4 Å². The summed E-state index contributed by atoms with van der Waals surface area (Å²) in [6.45, 7) is 2.46. The molecule has 1 aromatic carbocycles. The van der Waals surface area contributed by atoms with Crippen LogP contribution in [-0.4, -0.2) is 43.7 Å². The molecular weight excluding hydrogens is 290 g/mol. The molecule has 0 spiro atoms. The minimum Gasteiger partial charge on any atom is -0.496 e. The van der Waals surface area contributed by atoms with Gasteiger partial charge in [0.25, 0.3) is 0 Å². The Morgan fingerprint density at radius 2 is 2.05 bits per heavy atom. The molecule has 1 heterocycles. The fourth-order valence-corrected chi connectivity index (χ4v) is 2.78. The molecule has 0 aliphatic rings. The second kappa shape index (κ2) is 5.87. The molecule has 2 rings (SSSR count). The third-order valence-corrected chi connectivity index (χ3v) is 4.97. The number of aromatic nitrogens is 2. The molecule has 0 radical (unpaired) electrons. The number of ether oxygens (including phenoxy) is 1. The Morgan fingerprint density at radius 3 is 2.67 bits per heavy atom. The van der Waals surface area contributed by atoms with Crippen molar-refractivity contribution in [2.45, 2.75) is 18.4 Å². The van der Waals surface area contributed by atoms with Crippen LogP contribution in [0.1, 0.15) is 11.1 Å². The summed E-state index contributed by atoms with van der Waals surface area (Å²) in [5, 5.41) is 4.11. The number of benzene rings is 1. The largest absolute Gasteiger partial charge is 0.496 e. The standard InChI is InChI=1S/C14H19N3O3S/c1-11-5-6-12(7-14(11)20-4)9-17-10-13(8-15-17)21(18,19)16(2)3/h5-8,10H,9H2,1-4H3. The summed E-state index contributed by atoms with van der Waals surface area (Å²) < 4.78 is 32.0. The molecule has 2 aromatic rings. The fraction of sp³-hybridized carbons (Fsp3) is 0.357. The van der Waals surface area contributed by atoms with Crippen molar-refractivity contribution < 1.29 is 13.2 Å². The summed E-state index contributed by atoms with van der Waals surface area (Å²) in [6, 6.07) is 5.87. The number of methoxy groups -OCH3 is 1. The highest BCUT2D eigenvalue weighted by Crippen LogP contribution is 2.20. The Bertz CT molecular complexity index is 736. The molecule has 0 bridgehead atoms. The Kier molecular flexibility index (Phi) is 4.34. The van der Waals surface area contributed by atoms with Crippen molar-refractivity contribution in [3.63, 3.8) is 0 Å². The molecule has 0 atom stereocenters. The van der Waals surface area contributed by atoms with E-state index in [0.717, 1.165) is 16.9 Å². The second-order valence-electron chi connectivity index (χ2n) is 4.97. The Hall–Kier alpha value is -1.86. The van der Waals surface area contributed by atoms with E-state index >= 15 is 0 Å². The van der Waals surface area contributed by atoms with Crippen LogP contribution < -0.4 is 4.74 Å². The first-order valence-electron chi connectivity index (χ1n) is 6.43. The van der Waals surface area contributed by atoms with E-state index in [4.69, 9.17) is 4.74 Å². The molecule has 0 saturated heterocycles. The van der Waals surface area contributed by atoms with Gasteiger partial charge in [0.2, 0.25) is 10.0 Å². The van der Waals surface area contributed by atoms with Crippen molar-refractivity contribution in [3.05, 3.63) is 41.7 Å². The van der Waals surface area contributed by atoms with Crippen molar-refractivity contribution in [2.24, 2.45) is 0 Å². The number of nitrogens with zero attached hydrogens (tertiary/aromatic N) is 3. The first-order valence-corrected chi connectivity index (χ1v) is 7.87. The summed E-state index contributed by atoms with van der Waals surface area (Å²) in [6.07, 6.45) is 2.89. The number of hydrogen-bond donors (Lipinski definition) is 0. The molecule has 6 nitrogen and oxygen atoms in total. The average Bonchev–Trinajstić information content (AvgIpc) is 2.90. The first kappa shape index (κ1) is 15.5. The lowest BCUT2D eigenvalue weighted by molar-refractivity contribution is 0.411. The van der Waals surface area contributed by atoms with Crippen molar-refractivity contribution in [3.8, 4) is 5.75 Å². The summed E-state index contributed by atoms with van der Waals surface area (Å²) in [7, 11) is 1.18. The molecule has 0 saturated carbocycles. The van der Waals surface area contributed by atoms with Crippen molar-refractivity contribution in [1.29, 1.82) is 0 Å². The number of aryl methyl sites for hydroxylation is 1. The summed E-state index contributed by atoms with van der Waals surface area (Å²) >= 11 is 0. The average molecular weight is 309 g/mol. The lowest BCUT2D eigenvalue weighted by atomic mass is 10.1. The monoisotopic (exact) mass is 309 g/mol. The van der Waals surface area contributed by atoms with Gasteiger partial charge in [-0.05, 0) is 24.1 Å². The van der Waals surface area contributed by atoms with Crippen molar-refractivity contribution >= 4 is 10.0 Å². The highest BCUT2D eigenvalue weighted by molar-refractivity contribution is 7.89. The van der Waals surface area contributed by atoms with Gasteiger partial charge in [-0.25, -0.2) is 12.7 Å². The molecule has 1 aromatic heterocycles. The Balaban J connectivity index is 2.24. The second-order valence-corrected chi connectivity index (χ2v) is 7.12. The zero-order chi connectivity index (χ0) is 15.6. The minimum atomic E-state index is -3.44. The van der Waals surface area contributed by atoms with Crippen LogP contribution in [-0.2, 0) is 16.6 Å². The van der Waals surface area contributed by atoms with Gasteiger partial charge in [0.1, 0.15) is 10.6 Å². The third kappa shape index (κ3) is 3.25. The number of rotatable bonds is 5. The molecule has 0 N–H and O–H groups in total. The van der Waals surface area contributed by atoms with Crippen LogP contribution in [0.15, 0.2) is 35.5 Å². The molecule has 0 fully saturated rings. The highest BCUT2D eigenvalue weighted by atomic mass is 32.2. The summed E-state index contributed by atoms with van der Waals surface area (Å²) in [4.78, 5) is 0.187. The van der Waals surface area contributed by atoms with Gasteiger partial charge in [0.05, 0.1) is 19.9 Å². The van der Waals surface area contributed by atoms with Gasteiger partial charge in [0.15, 0.2) is 0 Å². The van der Waals surface area contributed by atoms with Crippen molar-refractivity contribution in [2.75, 3.05) is 21.2 Å². The van der Waals surface area contributed by atoms with E-state index < -0.39 is 10.0 Å². The SMILES string of the molecule is COc1cc(Cn2cc(S(=O)(=O)N(C)C)cn2)ccc1C. The molecule has 21 heavy (non-hydrogen) atoms. The summed E-state index contributed by atoms with van der Waals surface area (Å²) in [5.74, 6) is 0.806. The van der Waals surface area contributed by atoms with E-state index in [1.54, 1.807) is 11.8 Å². The lowest BCUT2D eigenvalue weighted by Crippen LogP contribution is -2.21. The van der Waals surface area contributed by atoms with Crippen LogP contribution in [0.4, 0.5) is 0 Å². The van der Waals surface area contributed by atoms with Crippen LogP contribution in [0.5, 0.6) is 5.75 Å². The fourth-order valence-electron chi connectivity index (χ4n) is 1.92. The maximum absolute atomic E-state index is 12.0. The molecule has 0 aliphatic carbocycles. The Morgan fingerprint density at radius 1 is 1.33 bits per heavy atom. The zero-order valence-electron chi connectivity index (χ0n) is 12.6. The van der Waals surface area contributed by atoms with Gasteiger partial charge < -0.3 is 4.74 Å². The smallest absolute Gasteiger partial charge is 0.245 e. The lowest BCUT2D eigenvalue weighted by Gasteiger charge is -2.09. The van der Waals surface area contributed by atoms with E-state index in [0.29, 0.717) is 6.54 Å². The highest BCUT2D eigenvalue weighted by Gasteiger charge is 2.19. The molecule has 0 amide bonds. The quantitative estimate of drug-likeness (QED) is 0.839. The van der Waals surface area contributed by atoms with E-state index in [-0.39, 0.29) is 4.90 Å². The molecule has 114 valence electrons. The number of hydrogen-bond acceptors (Lipinski definition) is 4. The van der Waals surface area contributed by atoms with Gasteiger partial charge in [0, 0.05) is 20.3 Å². The van der Waals surface area contributed by atoms with Gasteiger partial charge in [-0.2, -0.15) is 5.10 Å². The number of sulfonamides is 1. The Labute approximate surface area is 125 Å². The van der Waals surface area contributed by atoms with Crippen LogP contribution in [0.2, 0.25) is 0 Å². The van der Waals surface area contributed by atoms with E-state index in [1.165, 1.54) is 30.8 Å². The predicted octanol–water partition coefficient (Wildman–Crippen LogP) is 1.50. The maximum Gasteiger partial charge on any atom is 0.245 e. The van der Waals surface area contributed by atoms with Crippen LogP contribution in [0, 0.1) is 6.92 Å². The van der Waals surface area contributed by atoms with Crippen LogP contribution >= 0.6 is 0 Å². The van der Waals surface area contributed by atoms with Gasteiger partial charge >= 0.3 is 0 Å². The normalized spacial score (nSPS) is 11.9. The minimum absolute atomic E-state index is 0.187. The van der Waals surface area contributed by atoms with E-state index in [9.17, 15) is 8.42 Å². The van der Waals surface area contributed by atoms with Gasteiger partial charge in [-0.1, -0.05) is 12.1 Å². The third-order valence-electron chi connectivity index (χ3n) is 3.21. The maximum atomic E-state index is 12.0. The molecule has 7 heteroatoms. The van der Waals surface area contributed by atoms with Crippen LogP contribution in [0.3, 0.4) is 0 Å². The van der Waals surface area contributed by atoms with Crippen molar-refractivity contribution in [1.82, 2.24) is 14.1 Å². The molecule has 0 unspecified atom stereocenters. The van der Waals surface area contributed by atoms with Gasteiger partial charge in [-0.3, -0.25) is 4.68 Å². The van der Waals surface area contributed by atoms with Crippen LogP contribution in [0.25, 0.3) is 0 Å². The zero-order valence-corrected chi connectivity index (χ0v) is 13.4. The first-order chi connectivity index (χ1) is 9.84. The van der Waals surface area contributed by atoms with E-state index in [1.807, 2.05) is 25.1 Å². The summed E-state index contributed by atoms with van der Waals surface area (Å²) in [5.41, 5.74) is 2.05. The molecule has 0 aliphatic heterocycles. The predicted molar refractivity (Wildman–Crippen MR) is 79.9 cm³/mol. The molecular formula is C14H19N3O3S.